The SMILES string of the molecule is CCNc1ncnc2c(F)cccc12. The smallest absolute Gasteiger partial charge is 0.149 e. The summed E-state index contributed by atoms with van der Waals surface area (Å²) in [7, 11) is 0. The zero-order chi connectivity index (χ0) is 9.97. The van der Waals surface area contributed by atoms with Crippen LogP contribution >= 0.6 is 0 Å². The number of anilines is 1. The van der Waals surface area contributed by atoms with E-state index >= 15 is 0 Å². The molecular weight excluding hydrogens is 181 g/mol. The van der Waals surface area contributed by atoms with E-state index in [2.05, 4.69) is 15.3 Å². The van der Waals surface area contributed by atoms with Crippen LogP contribution in [0.25, 0.3) is 10.9 Å². The molecule has 0 radical (unpaired) electrons. The minimum Gasteiger partial charge on any atom is -0.370 e. The second-order valence-corrected chi connectivity index (χ2v) is 2.89. The van der Waals surface area contributed by atoms with Gasteiger partial charge in [-0.15, -0.1) is 0 Å². The second kappa shape index (κ2) is 3.57. The van der Waals surface area contributed by atoms with Crippen LogP contribution in [0.5, 0.6) is 0 Å². The van der Waals surface area contributed by atoms with Gasteiger partial charge >= 0.3 is 0 Å². The fourth-order valence-electron chi connectivity index (χ4n) is 1.36. The lowest BCUT2D eigenvalue weighted by Gasteiger charge is -2.05. The van der Waals surface area contributed by atoms with Gasteiger partial charge in [0.05, 0.1) is 0 Å². The van der Waals surface area contributed by atoms with Crippen LogP contribution in [0.2, 0.25) is 0 Å². The molecule has 14 heavy (non-hydrogen) atoms. The minimum absolute atomic E-state index is 0.316. The first kappa shape index (κ1) is 8.87. The molecular formula is C10H10FN3. The Kier molecular flexibility index (Phi) is 2.26. The molecule has 2 aromatic rings. The van der Waals surface area contributed by atoms with E-state index in [4.69, 9.17) is 0 Å². The van der Waals surface area contributed by atoms with E-state index in [0.717, 1.165) is 6.54 Å². The molecule has 1 aromatic carbocycles. The summed E-state index contributed by atoms with van der Waals surface area (Å²) in [6.45, 7) is 2.72. The third-order valence-corrected chi connectivity index (χ3v) is 1.96. The van der Waals surface area contributed by atoms with Crippen LogP contribution in [-0.2, 0) is 0 Å². The van der Waals surface area contributed by atoms with Gasteiger partial charge in [0.2, 0.25) is 0 Å². The van der Waals surface area contributed by atoms with E-state index in [1.807, 2.05) is 6.92 Å². The van der Waals surface area contributed by atoms with Crippen molar-refractivity contribution in [1.82, 2.24) is 9.97 Å². The van der Waals surface area contributed by atoms with Gasteiger partial charge in [0, 0.05) is 11.9 Å². The number of nitrogens with zero attached hydrogens (tertiary/aromatic N) is 2. The molecule has 4 heteroatoms. The van der Waals surface area contributed by atoms with Gasteiger partial charge in [0.25, 0.3) is 0 Å². The molecule has 0 spiro atoms. The Balaban J connectivity index is 2.68. The number of fused-ring (bicyclic) bond motifs is 1. The van der Waals surface area contributed by atoms with Gasteiger partial charge in [0.15, 0.2) is 0 Å². The monoisotopic (exact) mass is 191 g/mol. The Labute approximate surface area is 81.0 Å². The first-order valence-corrected chi connectivity index (χ1v) is 4.46. The molecule has 0 saturated heterocycles. The fourth-order valence-corrected chi connectivity index (χ4v) is 1.36. The first-order valence-electron chi connectivity index (χ1n) is 4.46. The summed E-state index contributed by atoms with van der Waals surface area (Å²) < 4.78 is 13.3. The summed E-state index contributed by atoms with van der Waals surface area (Å²) in [4.78, 5) is 7.95. The highest BCUT2D eigenvalue weighted by atomic mass is 19.1. The van der Waals surface area contributed by atoms with Gasteiger partial charge in [-0.3, -0.25) is 0 Å². The topological polar surface area (TPSA) is 37.8 Å². The summed E-state index contributed by atoms with van der Waals surface area (Å²) in [5.41, 5.74) is 0.360. The average molecular weight is 191 g/mol. The van der Waals surface area contributed by atoms with E-state index in [-0.39, 0.29) is 5.82 Å². The average Bonchev–Trinajstić information content (AvgIpc) is 2.20. The number of rotatable bonds is 2. The van der Waals surface area contributed by atoms with Gasteiger partial charge < -0.3 is 5.32 Å². The Morgan fingerprint density at radius 2 is 2.21 bits per heavy atom. The maximum Gasteiger partial charge on any atom is 0.149 e. The van der Waals surface area contributed by atoms with E-state index in [0.29, 0.717) is 16.7 Å². The van der Waals surface area contributed by atoms with Crippen molar-refractivity contribution >= 4 is 16.7 Å². The molecule has 0 aliphatic carbocycles. The maximum atomic E-state index is 13.3. The van der Waals surface area contributed by atoms with Crippen LogP contribution in [0.15, 0.2) is 24.5 Å². The number of aromatic nitrogens is 2. The molecule has 1 heterocycles. The molecule has 0 aliphatic heterocycles. The molecule has 0 saturated carbocycles. The van der Waals surface area contributed by atoms with E-state index in [1.54, 1.807) is 12.1 Å². The Hall–Kier alpha value is -1.71. The maximum absolute atomic E-state index is 13.3. The lowest BCUT2D eigenvalue weighted by atomic mass is 10.2. The zero-order valence-electron chi connectivity index (χ0n) is 7.79. The number of nitrogens with one attached hydrogen (secondary N) is 1. The second-order valence-electron chi connectivity index (χ2n) is 2.89. The highest BCUT2D eigenvalue weighted by Crippen LogP contribution is 2.20. The van der Waals surface area contributed by atoms with Crippen LogP contribution in [0.4, 0.5) is 10.2 Å². The summed E-state index contributed by atoms with van der Waals surface area (Å²) in [5, 5.41) is 3.78. The number of para-hydroxylation sites is 1. The van der Waals surface area contributed by atoms with Crippen molar-refractivity contribution in [2.24, 2.45) is 0 Å². The van der Waals surface area contributed by atoms with Crippen LogP contribution in [0.1, 0.15) is 6.92 Å². The number of benzene rings is 1. The van der Waals surface area contributed by atoms with E-state index in [1.165, 1.54) is 12.4 Å². The third kappa shape index (κ3) is 1.39. The van der Waals surface area contributed by atoms with E-state index < -0.39 is 0 Å². The van der Waals surface area contributed by atoms with Crippen molar-refractivity contribution < 1.29 is 4.39 Å². The molecule has 0 unspecified atom stereocenters. The van der Waals surface area contributed by atoms with Crippen molar-refractivity contribution in [2.75, 3.05) is 11.9 Å². The summed E-state index contributed by atoms with van der Waals surface area (Å²) in [6.07, 6.45) is 1.36. The van der Waals surface area contributed by atoms with Crippen LogP contribution in [0.3, 0.4) is 0 Å². The van der Waals surface area contributed by atoms with Crippen LogP contribution < -0.4 is 5.32 Å². The van der Waals surface area contributed by atoms with Crippen molar-refractivity contribution in [3.05, 3.63) is 30.3 Å². The molecule has 1 aromatic heterocycles. The number of hydrogen-bond donors (Lipinski definition) is 1. The van der Waals surface area contributed by atoms with Gasteiger partial charge in [-0.05, 0) is 19.1 Å². The first-order chi connectivity index (χ1) is 6.83. The Morgan fingerprint density at radius 3 is 3.00 bits per heavy atom. The lowest BCUT2D eigenvalue weighted by molar-refractivity contribution is 0.636. The summed E-state index contributed by atoms with van der Waals surface area (Å²) in [6, 6.07) is 4.85. The van der Waals surface area contributed by atoms with E-state index in [9.17, 15) is 4.39 Å². The molecule has 0 amide bonds. The molecule has 0 bridgehead atoms. The standard InChI is InChI=1S/C10H10FN3/c1-2-12-10-7-4-3-5-8(11)9(7)13-6-14-10/h3-6H,2H2,1H3,(H,12,13,14). The minimum atomic E-state index is -0.316. The predicted octanol–water partition coefficient (Wildman–Crippen LogP) is 2.20. The number of halogens is 1. The Bertz CT molecular complexity index is 456. The molecule has 72 valence electrons. The zero-order valence-corrected chi connectivity index (χ0v) is 7.79. The summed E-state index contributed by atoms with van der Waals surface area (Å²) in [5.74, 6) is 0.362. The van der Waals surface area contributed by atoms with Gasteiger partial charge in [-0.2, -0.15) is 0 Å². The predicted molar refractivity (Wildman–Crippen MR) is 53.7 cm³/mol. The molecule has 0 fully saturated rings. The number of hydrogen-bond acceptors (Lipinski definition) is 3. The fraction of sp³-hybridized carbons (Fsp3) is 0.200. The largest absolute Gasteiger partial charge is 0.370 e. The van der Waals surface area contributed by atoms with Crippen molar-refractivity contribution in [3.63, 3.8) is 0 Å². The molecule has 1 N–H and O–H groups in total. The quantitative estimate of drug-likeness (QED) is 0.790. The van der Waals surface area contributed by atoms with Crippen molar-refractivity contribution in [3.8, 4) is 0 Å². The normalized spacial score (nSPS) is 10.4. The van der Waals surface area contributed by atoms with Crippen molar-refractivity contribution in [2.45, 2.75) is 6.92 Å². The highest BCUT2D eigenvalue weighted by Gasteiger charge is 2.05. The lowest BCUT2D eigenvalue weighted by Crippen LogP contribution is -2.01. The highest BCUT2D eigenvalue weighted by molar-refractivity contribution is 5.89. The Morgan fingerprint density at radius 1 is 1.36 bits per heavy atom. The van der Waals surface area contributed by atoms with Gasteiger partial charge in [-0.1, -0.05) is 6.07 Å². The summed E-state index contributed by atoms with van der Waals surface area (Å²) >= 11 is 0. The molecule has 0 aliphatic rings. The van der Waals surface area contributed by atoms with Gasteiger partial charge in [-0.25, -0.2) is 14.4 Å². The van der Waals surface area contributed by atoms with Crippen LogP contribution in [-0.4, -0.2) is 16.5 Å². The molecule has 0 atom stereocenters. The van der Waals surface area contributed by atoms with Crippen molar-refractivity contribution in [1.29, 1.82) is 0 Å². The molecule has 3 nitrogen and oxygen atoms in total. The molecule has 2 rings (SSSR count). The van der Waals surface area contributed by atoms with Gasteiger partial charge in [0.1, 0.15) is 23.5 Å². The van der Waals surface area contributed by atoms with Crippen LogP contribution in [0, 0.1) is 5.82 Å². The third-order valence-electron chi connectivity index (χ3n) is 1.96.